The highest BCUT2D eigenvalue weighted by Gasteiger charge is 2.37. The molecule has 6 nitrogen and oxygen atoms in total. The lowest BCUT2D eigenvalue weighted by atomic mass is 9.96. The minimum Gasteiger partial charge on any atom is -0.481 e. The summed E-state index contributed by atoms with van der Waals surface area (Å²) in [7, 11) is 0. The topological polar surface area (TPSA) is 89.4 Å². The smallest absolute Gasteiger partial charge is 0.307 e. The average molecular weight is 262 g/mol. The molecule has 0 spiro atoms. The van der Waals surface area contributed by atoms with E-state index in [1.807, 2.05) is 6.92 Å². The lowest BCUT2D eigenvalue weighted by molar-refractivity contribution is -0.142. The third-order valence-corrected chi connectivity index (χ3v) is 3.69. The van der Waals surface area contributed by atoms with Crippen LogP contribution >= 0.6 is 0 Å². The van der Waals surface area contributed by atoms with E-state index >= 15 is 0 Å². The quantitative estimate of drug-likeness (QED) is 0.914. The number of nitrogens with zero attached hydrogens (tertiary/aromatic N) is 2. The molecule has 0 aliphatic heterocycles. The molecular weight excluding hydrogens is 248 g/mol. The molecule has 1 fully saturated rings. The second-order valence-electron chi connectivity index (χ2n) is 4.83. The molecule has 1 N–H and O–H groups in total. The Bertz CT molecular complexity index is 601. The van der Waals surface area contributed by atoms with E-state index in [4.69, 9.17) is 8.94 Å². The molecule has 2 unspecified atom stereocenters. The molecule has 0 amide bonds. The summed E-state index contributed by atoms with van der Waals surface area (Å²) < 4.78 is 10.4. The molecule has 6 heteroatoms. The van der Waals surface area contributed by atoms with Crippen LogP contribution in [-0.2, 0) is 4.79 Å². The standard InChI is InChI=1S/C13H14N2O4/c1-7-8(5-6-18-7)11-14-12(19-15-11)9-3-2-4-10(9)13(16)17/h5-6,9-10H,2-4H2,1H3,(H,16,17). The van der Waals surface area contributed by atoms with Crippen LogP contribution in [0.1, 0.15) is 36.8 Å². The zero-order chi connectivity index (χ0) is 13.4. The summed E-state index contributed by atoms with van der Waals surface area (Å²) in [5, 5.41) is 13.1. The van der Waals surface area contributed by atoms with Crippen LogP contribution in [0, 0.1) is 12.8 Å². The van der Waals surface area contributed by atoms with Crippen LogP contribution in [0.15, 0.2) is 21.3 Å². The van der Waals surface area contributed by atoms with Gasteiger partial charge in [0.1, 0.15) is 5.76 Å². The van der Waals surface area contributed by atoms with E-state index in [1.54, 1.807) is 12.3 Å². The van der Waals surface area contributed by atoms with Gasteiger partial charge in [0.05, 0.1) is 23.7 Å². The van der Waals surface area contributed by atoms with Gasteiger partial charge in [-0.05, 0) is 25.8 Å². The second kappa shape index (κ2) is 4.53. The van der Waals surface area contributed by atoms with Gasteiger partial charge in [-0.2, -0.15) is 4.98 Å². The zero-order valence-corrected chi connectivity index (χ0v) is 10.5. The van der Waals surface area contributed by atoms with Crippen LogP contribution in [0.25, 0.3) is 11.4 Å². The van der Waals surface area contributed by atoms with Gasteiger partial charge in [-0.15, -0.1) is 0 Å². The molecule has 2 atom stereocenters. The molecule has 1 aliphatic rings. The van der Waals surface area contributed by atoms with Crippen molar-refractivity contribution in [2.45, 2.75) is 32.1 Å². The number of hydrogen-bond acceptors (Lipinski definition) is 5. The first-order valence-corrected chi connectivity index (χ1v) is 6.27. The van der Waals surface area contributed by atoms with E-state index in [0.29, 0.717) is 23.9 Å². The summed E-state index contributed by atoms with van der Waals surface area (Å²) in [4.78, 5) is 15.5. The zero-order valence-electron chi connectivity index (χ0n) is 10.5. The van der Waals surface area contributed by atoms with E-state index < -0.39 is 11.9 Å². The van der Waals surface area contributed by atoms with Gasteiger partial charge in [0, 0.05) is 0 Å². The summed E-state index contributed by atoms with van der Waals surface area (Å²) in [6.07, 6.45) is 3.89. The monoisotopic (exact) mass is 262 g/mol. The van der Waals surface area contributed by atoms with Crippen molar-refractivity contribution in [1.29, 1.82) is 0 Å². The molecular formula is C13H14N2O4. The molecule has 1 aliphatic carbocycles. The Hall–Kier alpha value is -2.11. The summed E-state index contributed by atoms with van der Waals surface area (Å²) >= 11 is 0. The lowest BCUT2D eigenvalue weighted by Crippen LogP contribution is -2.17. The highest BCUT2D eigenvalue weighted by Crippen LogP contribution is 2.39. The largest absolute Gasteiger partial charge is 0.481 e. The predicted molar refractivity (Wildman–Crippen MR) is 64.5 cm³/mol. The van der Waals surface area contributed by atoms with Crippen LogP contribution in [0.5, 0.6) is 0 Å². The second-order valence-corrected chi connectivity index (χ2v) is 4.83. The number of carboxylic acid groups (broad SMARTS) is 1. The van der Waals surface area contributed by atoms with Crippen LogP contribution in [0.3, 0.4) is 0 Å². The molecule has 0 saturated heterocycles. The van der Waals surface area contributed by atoms with Crippen molar-refractivity contribution in [1.82, 2.24) is 10.1 Å². The highest BCUT2D eigenvalue weighted by molar-refractivity contribution is 5.71. The maximum Gasteiger partial charge on any atom is 0.307 e. The van der Waals surface area contributed by atoms with Gasteiger partial charge in [-0.25, -0.2) is 0 Å². The fourth-order valence-corrected chi connectivity index (χ4v) is 2.66. The first-order chi connectivity index (χ1) is 9.16. The van der Waals surface area contributed by atoms with Crippen LogP contribution < -0.4 is 0 Å². The number of hydrogen-bond donors (Lipinski definition) is 1. The number of aliphatic carboxylic acids is 1. The molecule has 2 heterocycles. The minimum absolute atomic E-state index is 0.175. The SMILES string of the molecule is Cc1occc1-c1noc(C2CCCC2C(=O)O)n1. The van der Waals surface area contributed by atoms with Gasteiger partial charge in [0.15, 0.2) is 0 Å². The first-order valence-electron chi connectivity index (χ1n) is 6.27. The summed E-state index contributed by atoms with van der Waals surface area (Å²) in [6.45, 7) is 1.82. The van der Waals surface area contributed by atoms with Crippen molar-refractivity contribution >= 4 is 5.97 Å². The Kier molecular flexibility index (Phi) is 2.85. The molecule has 0 aromatic carbocycles. The predicted octanol–water partition coefficient (Wildman–Crippen LogP) is 2.61. The van der Waals surface area contributed by atoms with Crippen molar-refractivity contribution < 1.29 is 18.8 Å². The Morgan fingerprint density at radius 2 is 2.32 bits per heavy atom. The Morgan fingerprint density at radius 1 is 1.47 bits per heavy atom. The number of carboxylic acids is 1. The van der Waals surface area contributed by atoms with Crippen molar-refractivity contribution in [2.75, 3.05) is 0 Å². The Labute approximate surface area is 109 Å². The lowest BCUT2D eigenvalue weighted by Gasteiger charge is -2.09. The number of rotatable bonds is 3. The third kappa shape index (κ3) is 2.03. The molecule has 19 heavy (non-hydrogen) atoms. The van der Waals surface area contributed by atoms with E-state index in [9.17, 15) is 9.90 Å². The van der Waals surface area contributed by atoms with Crippen molar-refractivity contribution in [3.63, 3.8) is 0 Å². The summed E-state index contributed by atoms with van der Waals surface area (Å²) in [5.41, 5.74) is 0.778. The molecule has 0 radical (unpaired) electrons. The fraction of sp³-hybridized carbons (Fsp3) is 0.462. The maximum absolute atomic E-state index is 11.2. The van der Waals surface area contributed by atoms with Crippen LogP contribution in [0.2, 0.25) is 0 Å². The summed E-state index contributed by atoms with van der Waals surface area (Å²) in [6, 6.07) is 1.77. The molecule has 100 valence electrons. The van der Waals surface area contributed by atoms with E-state index in [2.05, 4.69) is 10.1 Å². The van der Waals surface area contributed by atoms with E-state index in [-0.39, 0.29) is 5.92 Å². The number of furan rings is 1. The number of carbonyl (C=O) groups is 1. The van der Waals surface area contributed by atoms with Crippen molar-refractivity contribution in [3.05, 3.63) is 24.0 Å². The Morgan fingerprint density at radius 3 is 3.00 bits per heavy atom. The van der Waals surface area contributed by atoms with Gasteiger partial charge in [0.25, 0.3) is 0 Å². The van der Waals surface area contributed by atoms with Gasteiger partial charge >= 0.3 is 5.97 Å². The summed E-state index contributed by atoms with van der Waals surface area (Å²) in [5.74, 6) is 0.206. The minimum atomic E-state index is -0.790. The Balaban J connectivity index is 1.89. The van der Waals surface area contributed by atoms with Crippen molar-refractivity contribution in [2.24, 2.45) is 5.92 Å². The first kappa shape index (κ1) is 12.0. The van der Waals surface area contributed by atoms with Gasteiger partial charge in [-0.1, -0.05) is 11.6 Å². The highest BCUT2D eigenvalue weighted by atomic mass is 16.5. The van der Waals surface area contributed by atoms with E-state index in [1.165, 1.54) is 0 Å². The average Bonchev–Trinajstić information content (AvgIpc) is 3.06. The van der Waals surface area contributed by atoms with Crippen molar-refractivity contribution in [3.8, 4) is 11.4 Å². The van der Waals surface area contributed by atoms with E-state index in [0.717, 1.165) is 18.4 Å². The van der Waals surface area contributed by atoms with Gasteiger partial charge < -0.3 is 14.0 Å². The number of aryl methyl sites for hydroxylation is 1. The third-order valence-electron chi connectivity index (χ3n) is 3.69. The maximum atomic E-state index is 11.2. The molecule has 2 aromatic rings. The van der Waals surface area contributed by atoms with Crippen LogP contribution in [-0.4, -0.2) is 21.2 Å². The number of aromatic nitrogens is 2. The normalized spacial score (nSPS) is 22.8. The van der Waals surface area contributed by atoms with Crippen LogP contribution in [0.4, 0.5) is 0 Å². The molecule has 3 rings (SSSR count). The molecule has 0 bridgehead atoms. The fourth-order valence-electron chi connectivity index (χ4n) is 2.66. The molecule has 1 saturated carbocycles. The van der Waals surface area contributed by atoms with Gasteiger partial charge in [0.2, 0.25) is 11.7 Å². The molecule has 2 aromatic heterocycles. The van der Waals surface area contributed by atoms with Gasteiger partial charge in [-0.3, -0.25) is 4.79 Å².